The van der Waals surface area contributed by atoms with Gasteiger partial charge in [0.2, 0.25) is 0 Å². The minimum absolute atomic E-state index is 0.231. The Morgan fingerprint density at radius 3 is 2.67 bits per heavy atom. The molecule has 0 saturated heterocycles. The van der Waals surface area contributed by atoms with Crippen molar-refractivity contribution in [3.63, 3.8) is 0 Å². The lowest BCUT2D eigenvalue weighted by Crippen LogP contribution is -2.07. The summed E-state index contributed by atoms with van der Waals surface area (Å²) in [5.41, 5.74) is 4.23. The molecule has 0 spiro atoms. The molecule has 7 heteroatoms. The lowest BCUT2D eigenvalue weighted by molar-refractivity contribution is 0.0519. The number of esters is 1. The molecule has 0 atom stereocenters. The highest BCUT2D eigenvalue weighted by Crippen LogP contribution is 2.26. The van der Waals surface area contributed by atoms with E-state index in [1.54, 1.807) is 30.1 Å². The smallest absolute Gasteiger partial charge is 0.358 e. The SMILES string of the molecule is CCOC(=O)c1cc(-c2ccc3nccnc3c2)n(-c2cccc(C)n2)n1. The van der Waals surface area contributed by atoms with E-state index in [0.29, 0.717) is 5.82 Å². The van der Waals surface area contributed by atoms with Gasteiger partial charge in [0, 0.05) is 23.7 Å². The van der Waals surface area contributed by atoms with Crippen molar-refractivity contribution in [3.8, 4) is 17.1 Å². The number of carbonyl (C=O) groups is 1. The van der Waals surface area contributed by atoms with Gasteiger partial charge in [-0.2, -0.15) is 5.10 Å². The summed E-state index contributed by atoms with van der Waals surface area (Å²) < 4.78 is 6.75. The number of nitrogens with zero attached hydrogens (tertiary/aromatic N) is 5. The number of carbonyl (C=O) groups excluding carboxylic acids is 1. The van der Waals surface area contributed by atoms with Crippen LogP contribution in [-0.4, -0.2) is 37.3 Å². The molecular formula is C20H17N5O2. The lowest BCUT2D eigenvalue weighted by atomic mass is 10.1. The molecule has 0 aliphatic heterocycles. The first-order valence-electron chi connectivity index (χ1n) is 8.58. The summed E-state index contributed by atoms with van der Waals surface area (Å²) in [4.78, 5) is 25.4. The van der Waals surface area contributed by atoms with Crippen LogP contribution in [0.25, 0.3) is 28.1 Å². The number of hydrogen-bond acceptors (Lipinski definition) is 6. The highest BCUT2D eigenvalue weighted by Gasteiger charge is 2.18. The Hall–Kier alpha value is -3.61. The van der Waals surface area contributed by atoms with Crippen LogP contribution in [0.4, 0.5) is 0 Å². The quantitative estimate of drug-likeness (QED) is 0.520. The first-order valence-corrected chi connectivity index (χ1v) is 8.58. The molecule has 0 radical (unpaired) electrons. The van der Waals surface area contributed by atoms with Gasteiger partial charge >= 0.3 is 5.97 Å². The van der Waals surface area contributed by atoms with Crippen molar-refractivity contribution in [2.75, 3.05) is 6.61 Å². The zero-order valence-electron chi connectivity index (χ0n) is 15.0. The summed E-state index contributed by atoms with van der Waals surface area (Å²) in [7, 11) is 0. The van der Waals surface area contributed by atoms with Crippen LogP contribution in [0.3, 0.4) is 0 Å². The number of ether oxygens (including phenoxy) is 1. The highest BCUT2D eigenvalue weighted by molar-refractivity contribution is 5.89. The zero-order valence-corrected chi connectivity index (χ0v) is 15.0. The van der Waals surface area contributed by atoms with Gasteiger partial charge in [0.15, 0.2) is 11.5 Å². The standard InChI is InChI=1S/C20H17N5O2/c1-3-27-20(26)17-12-18(25(24-17)19-6-4-5-13(2)23-19)14-7-8-15-16(11-14)22-10-9-21-15/h4-12H,3H2,1-2H3. The predicted molar refractivity (Wildman–Crippen MR) is 101 cm³/mol. The molecule has 3 aromatic heterocycles. The Labute approximate surface area is 155 Å². The average molecular weight is 359 g/mol. The largest absolute Gasteiger partial charge is 0.461 e. The predicted octanol–water partition coefficient (Wildman–Crippen LogP) is 3.36. The summed E-state index contributed by atoms with van der Waals surface area (Å²) in [6, 6.07) is 13.1. The van der Waals surface area contributed by atoms with Crippen LogP contribution >= 0.6 is 0 Å². The molecule has 1 aromatic carbocycles. The van der Waals surface area contributed by atoms with Crippen LogP contribution in [-0.2, 0) is 4.74 Å². The first-order chi connectivity index (χ1) is 13.2. The van der Waals surface area contributed by atoms with E-state index < -0.39 is 5.97 Å². The molecule has 7 nitrogen and oxygen atoms in total. The Kier molecular flexibility index (Phi) is 4.33. The monoisotopic (exact) mass is 359 g/mol. The Morgan fingerprint density at radius 1 is 1.07 bits per heavy atom. The molecule has 0 aliphatic rings. The first kappa shape index (κ1) is 16.8. The van der Waals surface area contributed by atoms with E-state index in [4.69, 9.17) is 4.74 Å². The van der Waals surface area contributed by atoms with Crippen LogP contribution in [0.5, 0.6) is 0 Å². The maximum Gasteiger partial charge on any atom is 0.358 e. The molecule has 0 N–H and O–H groups in total. The molecule has 0 saturated carbocycles. The van der Waals surface area contributed by atoms with Crippen LogP contribution in [0.15, 0.2) is 54.9 Å². The third-order valence-electron chi connectivity index (χ3n) is 4.05. The van der Waals surface area contributed by atoms with Gasteiger partial charge in [-0.1, -0.05) is 12.1 Å². The maximum absolute atomic E-state index is 12.2. The maximum atomic E-state index is 12.2. The molecular weight excluding hydrogens is 342 g/mol. The van der Waals surface area contributed by atoms with Gasteiger partial charge in [0.25, 0.3) is 0 Å². The fraction of sp³-hybridized carbons (Fsp3) is 0.150. The molecule has 0 amide bonds. The molecule has 0 bridgehead atoms. The van der Waals surface area contributed by atoms with E-state index in [1.165, 1.54) is 0 Å². The molecule has 27 heavy (non-hydrogen) atoms. The van der Waals surface area contributed by atoms with Gasteiger partial charge in [-0.25, -0.2) is 14.5 Å². The van der Waals surface area contributed by atoms with E-state index in [2.05, 4.69) is 20.1 Å². The van der Waals surface area contributed by atoms with Crippen molar-refractivity contribution in [3.05, 3.63) is 66.2 Å². The third kappa shape index (κ3) is 3.27. The van der Waals surface area contributed by atoms with E-state index in [1.807, 2.05) is 43.3 Å². The number of fused-ring (bicyclic) bond motifs is 1. The Morgan fingerprint density at radius 2 is 1.89 bits per heavy atom. The molecule has 0 aliphatic carbocycles. The van der Waals surface area contributed by atoms with E-state index in [0.717, 1.165) is 28.0 Å². The fourth-order valence-electron chi connectivity index (χ4n) is 2.84. The van der Waals surface area contributed by atoms with Gasteiger partial charge in [-0.15, -0.1) is 0 Å². The van der Waals surface area contributed by atoms with Crippen molar-refractivity contribution in [1.82, 2.24) is 24.7 Å². The second-order valence-corrected chi connectivity index (χ2v) is 5.94. The second-order valence-electron chi connectivity index (χ2n) is 5.94. The molecule has 0 fully saturated rings. The molecule has 4 rings (SSSR count). The number of benzene rings is 1. The third-order valence-corrected chi connectivity index (χ3v) is 4.05. The van der Waals surface area contributed by atoms with Gasteiger partial charge in [-0.05, 0) is 44.2 Å². The van der Waals surface area contributed by atoms with Crippen LogP contribution in [0.1, 0.15) is 23.1 Å². The van der Waals surface area contributed by atoms with Crippen molar-refractivity contribution in [2.24, 2.45) is 0 Å². The minimum atomic E-state index is -0.467. The number of aryl methyl sites for hydroxylation is 1. The van der Waals surface area contributed by atoms with Crippen molar-refractivity contribution in [2.45, 2.75) is 13.8 Å². The number of pyridine rings is 1. The molecule has 4 aromatic rings. The average Bonchev–Trinajstić information content (AvgIpc) is 3.13. The number of rotatable bonds is 4. The van der Waals surface area contributed by atoms with Crippen molar-refractivity contribution < 1.29 is 9.53 Å². The van der Waals surface area contributed by atoms with Crippen molar-refractivity contribution >= 4 is 17.0 Å². The summed E-state index contributed by atoms with van der Waals surface area (Å²) in [6.07, 6.45) is 3.30. The molecule has 3 heterocycles. The highest BCUT2D eigenvalue weighted by atomic mass is 16.5. The number of hydrogen-bond donors (Lipinski definition) is 0. The zero-order chi connectivity index (χ0) is 18.8. The van der Waals surface area contributed by atoms with E-state index in [9.17, 15) is 4.79 Å². The van der Waals surface area contributed by atoms with Gasteiger partial charge in [-0.3, -0.25) is 9.97 Å². The Bertz CT molecular complexity index is 1140. The van der Waals surface area contributed by atoms with Crippen LogP contribution in [0, 0.1) is 6.92 Å². The topological polar surface area (TPSA) is 82.8 Å². The fourth-order valence-corrected chi connectivity index (χ4v) is 2.84. The minimum Gasteiger partial charge on any atom is -0.461 e. The second kappa shape index (κ2) is 6.95. The van der Waals surface area contributed by atoms with Crippen LogP contribution < -0.4 is 0 Å². The van der Waals surface area contributed by atoms with Gasteiger partial charge < -0.3 is 4.74 Å². The van der Waals surface area contributed by atoms with Crippen LogP contribution in [0.2, 0.25) is 0 Å². The van der Waals surface area contributed by atoms with Gasteiger partial charge in [0.05, 0.1) is 23.3 Å². The van der Waals surface area contributed by atoms with E-state index >= 15 is 0 Å². The molecule has 0 unspecified atom stereocenters. The summed E-state index contributed by atoms with van der Waals surface area (Å²) >= 11 is 0. The lowest BCUT2D eigenvalue weighted by Gasteiger charge is -2.08. The normalized spacial score (nSPS) is 10.9. The summed E-state index contributed by atoms with van der Waals surface area (Å²) in [5.74, 6) is 0.158. The summed E-state index contributed by atoms with van der Waals surface area (Å²) in [5, 5.41) is 4.44. The Balaban J connectivity index is 1.90. The number of aromatic nitrogens is 5. The van der Waals surface area contributed by atoms with E-state index in [-0.39, 0.29) is 12.3 Å². The van der Waals surface area contributed by atoms with Gasteiger partial charge in [0.1, 0.15) is 0 Å². The molecule has 134 valence electrons. The summed E-state index contributed by atoms with van der Waals surface area (Å²) in [6.45, 7) is 3.96. The van der Waals surface area contributed by atoms with Crippen molar-refractivity contribution in [1.29, 1.82) is 0 Å².